The highest BCUT2D eigenvalue weighted by Gasteiger charge is 2.15. The highest BCUT2D eigenvalue weighted by atomic mass is 33.1. The van der Waals surface area contributed by atoms with Crippen LogP contribution in [0.25, 0.3) is 0 Å². The predicted octanol–water partition coefficient (Wildman–Crippen LogP) is 0.665. The zero-order chi connectivity index (χ0) is 9.03. The van der Waals surface area contributed by atoms with Crippen LogP contribution in [-0.2, 0) is 9.15 Å². The Morgan fingerprint density at radius 1 is 1.50 bits per heavy atom. The minimum Gasteiger partial charge on any atom is -0.313 e. The second kappa shape index (κ2) is 4.45. The molecule has 1 fully saturated rings. The van der Waals surface area contributed by atoms with Crippen molar-refractivity contribution in [2.45, 2.75) is 25.3 Å². The van der Waals surface area contributed by atoms with Crippen molar-refractivity contribution in [2.75, 3.05) is 12.3 Å². The molecule has 0 bridgehead atoms. The van der Waals surface area contributed by atoms with E-state index in [0.29, 0.717) is 16.5 Å². The zero-order valence-corrected chi connectivity index (χ0v) is 8.33. The molecule has 1 unspecified atom stereocenters. The predicted molar refractivity (Wildman–Crippen MR) is 49.6 cm³/mol. The Balaban J connectivity index is 2.22. The van der Waals surface area contributed by atoms with Crippen LogP contribution in [0.3, 0.4) is 0 Å². The molecule has 0 amide bonds. The Bertz CT molecular complexity index is 221. The first-order valence-corrected chi connectivity index (χ1v) is 6.87. The van der Waals surface area contributed by atoms with E-state index in [1.54, 1.807) is 0 Å². The molecule has 1 rings (SSSR count). The van der Waals surface area contributed by atoms with Gasteiger partial charge in [-0.05, 0) is 30.2 Å². The van der Waals surface area contributed by atoms with Gasteiger partial charge in [-0.25, -0.2) is 0 Å². The average molecular weight is 211 g/mol. The summed E-state index contributed by atoms with van der Waals surface area (Å²) >= 11 is 0. The summed E-state index contributed by atoms with van der Waals surface area (Å²) < 4.78 is 29.2. The van der Waals surface area contributed by atoms with Gasteiger partial charge in [-0.3, -0.25) is 4.55 Å². The standard InChI is InChI=1S/C6H13NO3S2/c8-12(9,10)11-5-6-3-1-2-4-7-6/h6-7H,1-5H2,(H,8,9,10). The lowest BCUT2D eigenvalue weighted by Crippen LogP contribution is -2.36. The monoisotopic (exact) mass is 211 g/mol. The Morgan fingerprint density at radius 3 is 2.75 bits per heavy atom. The first-order valence-electron chi connectivity index (χ1n) is 3.93. The Hall–Kier alpha value is 0.220. The maximum absolute atomic E-state index is 10.4. The summed E-state index contributed by atoms with van der Waals surface area (Å²) in [7, 11) is -3.24. The average Bonchev–Trinajstić information content (AvgIpc) is 2.02. The summed E-state index contributed by atoms with van der Waals surface area (Å²) in [5, 5.41) is 3.20. The quantitative estimate of drug-likeness (QED) is 0.530. The molecule has 0 aromatic heterocycles. The fourth-order valence-electron chi connectivity index (χ4n) is 1.23. The molecule has 0 aromatic carbocycles. The van der Waals surface area contributed by atoms with Gasteiger partial charge >= 0.3 is 9.15 Å². The molecule has 0 aromatic rings. The topological polar surface area (TPSA) is 66.4 Å². The van der Waals surface area contributed by atoms with E-state index in [9.17, 15) is 8.42 Å². The van der Waals surface area contributed by atoms with E-state index < -0.39 is 9.15 Å². The van der Waals surface area contributed by atoms with Crippen molar-refractivity contribution in [3.63, 3.8) is 0 Å². The highest BCUT2D eigenvalue weighted by molar-refractivity contribution is 8.69. The first-order chi connectivity index (χ1) is 5.58. The van der Waals surface area contributed by atoms with Crippen molar-refractivity contribution in [3.05, 3.63) is 0 Å². The minimum atomic E-state index is -3.85. The molecule has 6 heteroatoms. The fourth-order valence-corrected chi connectivity index (χ4v) is 2.86. The second-order valence-electron chi connectivity index (χ2n) is 2.86. The van der Waals surface area contributed by atoms with E-state index in [1.165, 1.54) is 0 Å². The lowest BCUT2D eigenvalue weighted by Gasteiger charge is -2.22. The summed E-state index contributed by atoms with van der Waals surface area (Å²) in [4.78, 5) is 0. The van der Waals surface area contributed by atoms with E-state index in [0.717, 1.165) is 25.8 Å². The molecule has 0 spiro atoms. The largest absolute Gasteiger partial charge is 0.319 e. The molecule has 1 aliphatic heterocycles. The van der Waals surface area contributed by atoms with E-state index in [2.05, 4.69) is 5.32 Å². The van der Waals surface area contributed by atoms with Gasteiger partial charge in [0, 0.05) is 11.8 Å². The third-order valence-electron chi connectivity index (χ3n) is 1.83. The number of hydrogen-bond acceptors (Lipinski definition) is 4. The van der Waals surface area contributed by atoms with Gasteiger partial charge in [0.15, 0.2) is 0 Å². The van der Waals surface area contributed by atoms with Gasteiger partial charge in [0.2, 0.25) is 0 Å². The van der Waals surface area contributed by atoms with Crippen LogP contribution in [0.4, 0.5) is 0 Å². The third-order valence-corrected chi connectivity index (χ3v) is 3.97. The minimum absolute atomic E-state index is 0.241. The smallest absolute Gasteiger partial charge is 0.313 e. The normalized spacial score (nSPS) is 25.6. The maximum atomic E-state index is 10.4. The van der Waals surface area contributed by atoms with Crippen molar-refractivity contribution in [2.24, 2.45) is 0 Å². The van der Waals surface area contributed by atoms with E-state index in [-0.39, 0.29) is 6.04 Å². The molecule has 1 aliphatic rings. The fraction of sp³-hybridized carbons (Fsp3) is 1.00. The molecule has 1 atom stereocenters. The van der Waals surface area contributed by atoms with E-state index in [1.807, 2.05) is 0 Å². The van der Waals surface area contributed by atoms with Gasteiger partial charge in [-0.1, -0.05) is 6.42 Å². The van der Waals surface area contributed by atoms with Gasteiger partial charge < -0.3 is 5.32 Å². The van der Waals surface area contributed by atoms with Crippen LogP contribution in [0, 0.1) is 0 Å². The Kier molecular flexibility index (Phi) is 3.82. The van der Waals surface area contributed by atoms with Crippen LogP contribution in [0.15, 0.2) is 0 Å². The van der Waals surface area contributed by atoms with Crippen LogP contribution in [0.1, 0.15) is 19.3 Å². The zero-order valence-electron chi connectivity index (χ0n) is 6.69. The van der Waals surface area contributed by atoms with Gasteiger partial charge in [-0.2, -0.15) is 8.42 Å². The van der Waals surface area contributed by atoms with Gasteiger partial charge in [-0.15, -0.1) is 0 Å². The lowest BCUT2D eigenvalue weighted by atomic mass is 10.1. The third kappa shape index (κ3) is 4.30. The van der Waals surface area contributed by atoms with Crippen molar-refractivity contribution >= 4 is 19.9 Å². The molecule has 1 heterocycles. The summed E-state index contributed by atoms with van der Waals surface area (Å²) in [6.07, 6.45) is 3.30. The molecule has 2 N–H and O–H groups in total. The van der Waals surface area contributed by atoms with Gasteiger partial charge in [0.25, 0.3) is 0 Å². The maximum Gasteiger partial charge on any atom is 0.319 e. The van der Waals surface area contributed by atoms with Crippen LogP contribution >= 0.6 is 10.8 Å². The van der Waals surface area contributed by atoms with Crippen molar-refractivity contribution < 1.29 is 13.0 Å². The van der Waals surface area contributed by atoms with Gasteiger partial charge in [0.05, 0.1) is 0 Å². The first kappa shape index (κ1) is 10.3. The molecular weight excluding hydrogens is 198 g/mol. The summed E-state index contributed by atoms with van der Waals surface area (Å²) in [6, 6.07) is 0.241. The van der Waals surface area contributed by atoms with Crippen LogP contribution in [-0.4, -0.2) is 31.3 Å². The molecule has 0 saturated carbocycles. The molecule has 1 saturated heterocycles. The number of hydrogen-bond donors (Lipinski definition) is 2. The van der Waals surface area contributed by atoms with Crippen molar-refractivity contribution in [1.29, 1.82) is 0 Å². The van der Waals surface area contributed by atoms with E-state index >= 15 is 0 Å². The van der Waals surface area contributed by atoms with Crippen molar-refractivity contribution in [3.8, 4) is 0 Å². The second-order valence-corrected chi connectivity index (χ2v) is 6.25. The highest BCUT2D eigenvalue weighted by Crippen LogP contribution is 2.16. The Labute approximate surface area is 76.3 Å². The van der Waals surface area contributed by atoms with Crippen molar-refractivity contribution in [1.82, 2.24) is 5.32 Å². The number of piperidine rings is 1. The molecular formula is C6H13NO3S2. The molecule has 72 valence electrons. The summed E-state index contributed by atoms with van der Waals surface area (Å²) in [6.45, 7) is 0.955. The lowest BCUT2D eigenvalue weighted by molar-refractivity contribution is 0.430. The molecule has 0 radical (unpaired) electrons. The SMILES string of the molecule is O=S(=O)(O)SCC1CCCCN1. The van der Waals surface area contributed by atoms with Crippen LogP contribution in [0.5, 0.6) is 0 Å². The molecule has 12 heavy (non-hydrogen) atoms. The van der Waals surface area contributed by atoms with Gasteiger partial charge in [0.1, 0.15) is 0 Å². The molecule has 4 nitrogen and oxygen atoms in total. The summed E-state index contributed by atoms with van der Waals surface area (Å²) in [5.74, 6) is 0.443. The Morgan fingerprint density at radius 2 is 2.25 bits per heavy atom. The van der Waals surface area contributed by atoms with E-state index in [4.69, 9.17) is 4.55 Å². The molecule has 0 aliphatic carbocycles. The number of nitrogens with one attached hydrogen (secondary N) is 1. The summed E-state index contributed by atoms with van der Waals surface area (Å²) in [5.41, 5.74) is 0. The number of rotatable bonds is 3. The van der Waals surface area contributed by atoms with Crippen LogP contribution in [0.2, 0.25) is 0 Å². The van der Waals surface area contributed by atoms with Crippen LogP contribution < -0.4 is 5.32 Å².